The van der Waals surface area contributed by atoms with Gasteiger partial charge in [0.2, 0.25) is 0 Å². The van der Waals surface area contributed by atoms with E-state index in [-0.39, 0.29) is 11.9 Å². The Morgan fingerprint density at radius 1 is 1.32 bits per heavy atom. The molecule has 0 unspecified atom stereocenters. The fourth-order valence-corrected chi connectivity index (χ4v) is 2.05. The highest BCUT2D eigenvalue weighted by molar-refractivity contribution is 5.70. The van der Waals surface area contributed by atoms with Crippen LogP contribution in [0.3, 0.4) is 0 Å². The summed E-state index contributed by atoms with van der Waals surface area (Å²) in [5.41, 5.74) is 5.90. The second-order valence-electron chi connectivity index (χ2n) is 6.00. The second kappa shape index (κ2) is 4.49. The highest BCUT2D eigenvalue weighted by atomic mass is 19.1. The van der Waals surface area contributed by atoms with Crippen LogP contribution in [0.4, 0.5) is 9.18 Å². The minimum absolute atomic E-state index is 0.296. The summed E-state index contributed by atoms with van der Waals surface area (Å²) in [4.78, 5) is 13.4. The summed E-state index contributed by atoms with van der Waals surface area (Å²) in [5.74, 6) is -0.296. The van der Waals surface area contributed by atoms with Crippen LogP contribution in [-0.4, -0.2) is 29.7 Å². The Morgan fingerprint density at radius 2 is 1.84 bits per heavy atom. The van der Waals surface area contributed by atoms with Crippen LogP contribution in [0.15, 0.2) is 24.3 Å². The van der Waals surface area contributed by atoms with Gasteiger partial charge in [0.1, 0.15) is 11.4 Å². The van der Waals surface area contributed by atoms with Gasteiger partial charge in [-0.2, -0.15) is 0 Å². The molecule has 0 aliphatic carbocycles. The Morgan fingerprint density at radius 3 is 2.32 bits per heavy atom. The fourth-order valence-electron chi connectivity index (χ4n) is 2.05. The zero-order chi connectivity index (χ0) is 14.3. The average molecular weight is 266 g/mol. The Balaban J connectivity index is 1.98. The number of likely N-dealkylation sites (tertiary alicyclic amines) is 1. The van der Waals surface area contributed by atoms with Gasteiger partial charge in [-0.1, -0.05) is 12.1 Å². The number of nitrogens with two attached hydrogens (primary N) is 1. The molecular weight excluding hydrogens is 247 g/mol. The van der Waals surface area contributed by atoms with Gasteiger partial charge in [0.15, 0.2) is 0 Å². The van der Waals surface area contributed by atoms with Crippen LogP contribution >= 0.6 is 0 Å². The lowest BCUT2D eigenvalue weighted by molar-refractivity contribution is -0.00890. The third-order valence-electron chi connectivity index (χ3n) is 3.02. The first kappa shape index (κ1) is 13.8. The molecule has 1 aromatic carbocycles. The molecule has 1 amide bonds. The summed E-state index contributed by atoms with van der Waals surface area (Å²) in [6.07, 6.45) is -0.365. The summed E-state index contributed by atoms with van der Waals surface area (Å²) in [5, 5.41) is 0. The molecule has 1 fully saturated rings. The smallest absolute Gasteiger partial charge is 0.410 e. The Kier molecular flexibility index (Phi) is 3.26. The molecule has 1 heterocycles. The molecular formula is C14H19FN2O2. The lowest BCUT2D eigenvalue weighted by Gasteiger charge is -2.47. The highest BCUT2D eigenvalue weighted by Crippen LogP contribution is 2.30. The van der Waals surface area contributed by atoms with Crippen LogP contribution in [0.1, 0.15) is 26.3 Å². The molecule has 0 aromatic heterocycles. The van der Waals surface area contributed by atoms with E-state index in [1.165, 1.54) is 12.1 Å². The van der Waals surface area contributed by atoms with Crippen molar-refractivity contribution in [2.45, 2.75) is 31.9 Å². The lowest BCUT2D eigenvalue weighted by atomic mass is 9.84. The van der Waals surface area contributed by atoms with Crippen molar-refractivity contribution in [3.63, 3.8) is 0 Å². The molecule has 1 aliphatic rings. The number of carbonyl (C=O) groups excluding carboxylic acids is 1. The number of halogens is 1. The highest BCUT2D eigenvalue weighted by Gasteiger charge is 2.44. The van der Waals surface area contributed by atoms with E-state index >= 15 is 0 Å². The van der Waals surface area contributed by atoms with Crippen LogP contribution in [0, 0.1) is 5.82 Å². The lowest BCUT2D eigenvalue weighted by Crippen LogP contribution is -2.66. The third kappa shape index (κ3) is 3.04. The molecule has 1 saturated heterocycles. The molecule has 5 heteroatoms. The molecule has 1 aliphatic heterocycles. The molecule has 0 saturated carbocycles. The van der Waals surface area contributed by atoms with Gasteiger partial charge in [-0.05, 0) is 38.5 Å². The summed E-state index contributed by atoms with van der Waals surface area (Å²) in [6, 6.07) is 6.06. The standard InChI is InChI=1S/C14H19FN2O2/c1-13(2,3)19-12(18)17-8-14(16,9-17)10-4-6-11(15)7-5-10/h4-7H,8-9,16H2,1-3H3. The first-order chi connectivity index (χ1) is 8.70. The number of carbonyl (C=O) groups is 1. The van der Waals surface area contributed by atoms with Crippen molar-refractivity contribution < 1.29 is 13.9 Å². The van der Waals surface area contributed by atoms with Gasteiger partial charge in [-0.15, -0.1) is 0 Å². The Hall–Kier alpha value is -1.62. The van der Waals surface area contributed by atoms with E-state index in [4.69, 9.17) is 10.5 Å². The zero-order valence-corrected chi connectivity index (χ0v) is 11.4. The van der Waals surface area contributed by atoms with Crippen molar-refractivity contribution in [2.24, 2.45) is 5.73 Å². The molecule has 0 spiro atoms. The van der Waals surface area contributed by atoms with Crippen molar-refractivity contribution in [2.75, 3.05) is 13.1 Å². The van der Waals surface area contributed by atoms with E-state index in [0.717, 1.165) is 5.56 Å². The molecule has 2 rings (SSSR count). The Labute approximate surface area is 112 Å². The molecule has 0 atom stereocenters. The summed E-state index contributed by atoms with van der Waals surface area (Å²) in [6.45, 7) is 6.22. The number of hydrogen-bond donors (Lipinski definition) is 1. The van der Waals surface area contributed by atoms with Gasteiger partial charge in [0.05, 0.1) is 5.54 Å². The van der Waals surface area contributed by atoms with Gasteiger partial charge in [0, 0.05) is 13.1 Å². The minimum Gasteiger partial charge on any atom is -0.444 e. The maximum absolute atomic E-state index is 12.9. The molecule has 19 heavy (non-hydrogen) atoms. The maximum Gasteiger partial charge on any atom is 0.410 e. The summed E-state index contributed by atoms with van der Waals surface area (Å²) in [7, 11) is 0. The van der Waals surface area contributed by atoms with Crippen LogP contribution in [0.25, 0.3) is 0 Å². The van der Waals surface area contributed by atoms with E-state index in [0.29, 0.717) is 13.1 Å². The summed E-state index contributed by atoms with van der Waals surface area (Å²) < 4.78 is 18.1. The van der Waals surface area contributed by atoms with E-state index in [1.54, 1.807) is 17.0 Å². The minimum atomic E-state index is -0.607. The summed E-state index contributed by atoms with van der Waals surface area (Å²) >= 11 is 0. The van der Waals surface area contributed by atoms with Gasteiger partial charge < -0.3 is 15.4 Å². The predicted octanol–water partition coefficient (Wildman–Crippen LogP) is 2.23. The van der Waals surface area contributed by atoms with E-state index in [1.807, 2.05) is 20.8 Å². The van der Waals surface area contributed by atoms with E-state index in [2.05, 4.69) is 0 Å². The monoisotopic (exact) mass is 266 g/mol. The molecule has 1 aromatic rings. The molecule has 0 bridgehead atoms. The normalized spacial score (nSPS) is 17.8. The number of amides is 1. The topological polar surface area (TPSA) is 55.6 Å². The van der Waals surface area contributed by atoms with E-state index < -0.39 is 11.1 Å². The largest absolute Gasteiger partial charge is 0.444 e. The maximum atomic E-state index is 12.9. The Bertz CT molecular complexity index is 473. The quantitative estimate of drug-likeness (QED) is 0.848. The first-order valence-electron chi connectivity index (χ1n) is 6.22. The predicted molar refractivity (Wildman–Crippen MR) is 70.1 cm³/mol. The van der Waals surface area contributed by atoms with Gasteiger partial charge in [-0.3, -0.25) is 0 Å². The van der Waals surface area contributed by atoms with Crippen LogP contribution in [0.2, 0.25) is 0 Å². The van der Waals surface area contributed by atoms with E-state index in [9.17, 15) is 9.18 Å². The van der Waals surface area contributed by atoms with Crippen molar-refractivity contribution >= 4 is 6.09 Å². The van der Waals surface area contributed by atoms with Crippen LogP contribution in [-0.2, 0) is 10.3 Å². The number of ether oxygens (including phenoxy) is 1. The SMILES string of the molecule is CC(C)(C)OC(=O)N1CC(N)(c2ccc(F)cc2)C1. The second-order valence-corrected chi connectivity index (χ2v) is 6.00. The van der Waals surface area contributed by atoms with Crippen molar-refractivity contribution in [1.29, 1.82) is 0 Å². The molecule has 2 N–H and O–H groups in total. The average Bonchev–Trinajstić information content (AvgIpc) is 2.23. The van der Waals surface area contributed by atoms with Crippen molar-refractivity contribution in [3.05, 3.63) is 35.6 Å². The van der Waals surface area contributed by atoms with Crippen LogP contribution in [0.5, 0.6) is 0 Å². The number of benzene rings is 1. The van der Waals surface area contributed by atoms with Crippen LogP contribution < -0.4 is 5.73 Å². The first-order valence-corrected chi connectivity index (χ1v) is 6.22. The van der Waals surface area contributed by atoms with Gasteiger partial charge in [-0.25, -0.2) is 9.18 Å². The van der Waals surface area contributed by atoms with Gasteiger partial charge in [0.25, 0.3) is 0 Å². The number of rotatable bonds is 1. The molecule has 4 nitrogen and oxygen atoms in total. The number of nitrogens with zero attached hydrogens (tertiary/aromatic N) is 1. The molecule has 104 valence electrons. The fraction of sp³-hybridized carbons (Fsp3) is 0.500. The zero-order valence-electron chi connectivity index (χ0n) is 11.4. The third-order valence-corrected chi connectivity index (χ3v) is 3.02. The van der Waals surface area contributed by atoms with Gasteiger partial charge >= 0.3 is 6.09 Å². The van der Waals surface area contributed by atoms with Crippen molar-refractivity contribution in [1.82, 2.24) is 4.90 Å². The number of hydrogen-bond acceptors (Lipinski definition) is 3. The van der Waals surface area contributed by atoms with Crippen molar-refractivity contribution in [3.8, 4) is 0 Å². The molecule has 0 radical (unpaired) electrons.